The smallest absolute Gasteiger partial charge is 0.225 e. The van der Waals surface area contributed by atoms with Crippen molar-refractivity contribution < 1.29 is 13.5 Å². The molecule has 2 aromatic heterocycles. The summed E-state index contributed by atoms with van der Waals surface area (Å²) in [4.78, 5) is 11.5. The predicted octanol–water partition coefficient (Wildman–Crippen LogP) is 3.66. The normalized spacial score (nSPS) is 15.1. The van der Waals surface area contributed by atoms with E-state index in [2.05, 4.69) is 44.7 Å². The first-order valence-corrected chi connectivity index (χ1v) is 13.6. The van der Waals surface area contributed by atoms with Gasteiger partial charge in [-0.1, -0.05) is 25.1 Å². The molecule has 1 fully saturated rings. The molecule has 1 N–H and O–H groups in total. The highest BCUT2D eigenvalue weighted by atomic mass is 32.2. The summed E-state index contributed by atoms with van der Waals surface area (Å²) in [5.41, 5.74) is 4.18. The van der Waals surface area contributed by atoms with Gasteiger partial charge in [-0.2, -0.15) is 5.10 Å². The Morgan fingerprint density at radius 1 is 0.971 bits per heavy atom. The van der Waals surface area contributed by atoms with Gasteiger partial charge >= 0.3 is 0 Å². The second-order valence-electron chi connectivity index (χ2n) is 8.89. The van der Waals surface area contributed by atoms with Crippen molar-refractivity contribution in [2.75, 3.05) is 30.3 Å². The molecule has 0 amide bonds. The fraction of sp³-hybridized carbons (Fsp3) is 0.346. The molecule has 3 heterocycles. The molecule has 2 aromatic carbocycles. The van der Waals surface area contributed by atoms with Crippen molar-refractivity contribution in [3.8, 4) is 11.1 Å². The Bertz CT molecular complexity index is 1410. The highest BCUT2D eigenvalue weighted by molar-refractivity contribution is 7.91. The van der Waals surface area contributed by atoms with Gasteiger partial charge in [0.2, 0.25) is 5.95 Å². The molecule has 1 aliphatic heterocycles. The Hall–Kier alpha value is -3.30. The van der Waals surface area contributed by atoms with Crippen LogP contribution in [0.2, 0.25) is 0 Å². The summed E-state index contributed by atoms with van der Waals surface area (Å²) in [6.45, 7) is 3.50. The molecule has 182 valence electrons. The van der Waals surface area contributed by atoms with Crippen LogP contribution in [0.15, 0.2) is 66.0 Å². The van der Waals surface area contributed by atoms with Gasteiger partial charge in [0.1, 0.15) is 0 Å². The molecule has 0 unspecified atom stereocenters. The van der Waals surface area contributed by atoms with Gasteiger partial charge in [0.15, 0.2) is 9.84 Å². The van der Waals surface area contributed by atoms with Crippen LogP contribution in [0.3, 0.4) is 0 Å². The summed E-state index contributed by atoms with van der Waals surface area (Å²) in [6.07, 6.45) is 8.61. The fourth-order valence-corrected chi connectivity index (χ4v) is 5.65. The van der Waals surface area contributed by atoms with Crippen molar-refractivity contribution in [1.29, 1.82) is 0 Å². The maximum absolute atomic E-state index is 12.2. The van der Waals surface area contributed by atoms with Gasteiger partial charge in [-0.05, 0) is 60.2 Å². The standard InChI is InChI=1S/C26H29N5O3S/c1-2-19-16-27-26(28-17-19)30-11-9-23(10-12-30)31-25-8-5-21(15-22(25)18-29-31)20-3-6-24(7-4-20)35(33,34)14-13-32/h3-8,15-18,23,32H,2,9-14H2,1H3. The zero-order chi connectivity index (χ0) is 24.4. The molecule has 0 radical (unpaired) electrons. The second kappa shape index (κ2) is 9.75. The van der Waals surface area contributed by atoms with E-state index in [-0.39, 0.29) is 17.3 Å². The molecule has 0 atom stereocenters. The van der Waals surface area contributed by atoms with Crippen molar-refractivity contribution in [1.82, 2.24) is 19.7 Å². The van der Waals surface area contributed by atoms with Gasteiger partial charge in [-0.3, -0.25) is 4.68 Å². The Morgan fingerprint density at radius 2 is 1.66 bits per heavy atom. The number of sulfone groups is 1. The van der Waals surface area contributed by atoms with Crippen molar-refractivity contribution in [3.63, 3.8) is 0 Å². The van der Waals surface area contributed by atoms with Crippen LogP contribution >= 0.6 is 0 Å². The first-order valence-electron chi connectivity index (χ1n) is 12.0. The van der Waals surface area contributed by atoms with Crippen LogP contribution in [-0.4, -0.2) is 58.7 Å². The Kier molecular flexibility index (Phi) is 6.53. The van der Waals surface area contributed by atoms with Gasteiger partial charge in [0.25, 0.3) is 0 Å². The van der Waals surface area contributed by atoms with Gasteiger partial charge in [0, 0.05) is 30.9 Å². The van der Waals surface area contributed by atoms with E-state index in [0.717, 1.165) is 65.9 Å². The molecule has 0 aliphatic carbocycles. The van der Waals surface area contributed by atoms with Crippen LogP contribution in [0.25, 0.3) is 22.0 Å². The number of aliphatic hydroxyl groups excluding tert-OH is 1. The van der Waals surface area contributed by atoms with Gasteiger partial charge in [-0.25, -0.2) is 18.4 Å². The summed E-state index contributed by atoms with van der Waals surface area (Å²) in [7, 11) is -3.45. The predicted molar refractivity (Wildman–Crippen MR) is 136 cm³/mol. The number of hydrogen-bond donors (Lipinski definition) is 1. The van der Waals surface area contributed by atoms with Crippen LogP contribution in [-0.2, 0) is 16.3 Å². The minimum absolute atomic E-state index is 0.224. The Balaban J connectivity index is 1.30. The molecule has 0 bridgehead atoms. The van der Waals surface area contributed by atoms with Crippen LogP contribution < -0.4 is 4.90 Å². The number of fused-ring (bicyclic) bond motifs is 1. The molecule has 5 rings (SSSR count). The van der Waals surface area contributed by atoms with E-state index < -0.39 is 9.84 Å². The number of aryl methyl sites for hydroxylation is 1. The Labute approximate surface area is 205 Å². The molecule has 35 heavy (non-hydrogen) atoms. The molecular weight excluding hydrogens is 462 g/mol. The van der Waals surface area contributed by atoms with Crippen molar-refractivity contribution in [2.45, 2.75) is 37.1 Å². The summed E-state index contributed by atoms with van der Waals surface area (Å²) < 4.78 is 26.4. The van der Waals surface area contributed by atoms with E-state index in [1.807, 2.05) is 18.6 Å². The van der Waals surface area contributed by atoms with Crippen LogP contribution in [0, 0.1) is 0 Å². The fourth-order valence-electron chi connectivity index (χ4n) is 4.62. The summed E-state index contributed by atoms with van der Waals surface area (Å²) in [6, 6.07) is 13.4. The number of rotatable bonds is 7. The lowest BCUT2D eigenvalue weighted by atomic mass is 10.0. The third kappa shape index (κ3) is 4.78. The molecule has 8 nitrogen and oxygen atoms in total. The number of piperidine rings is 1. The molecule has 0 spiro atoms. The number of nitrogens with zero attached hydrogens (tertiary/aromatic N) is 5. The van der Waals surface area contributed by atoms with E-state index in [0.29, 0.717) is 6.04 Å². The van der Waals surface area contributed by atoms with Gasteiger partial charge in [0.05, 0.1) is 35.0 Å². The molecular formula is C26H29N5O3S. The molecule has 1 saturated heterocycles. The maximum atomic E-state index is 12.2. The molecule has 0 saturated carbocycles. The number of anilines is 1. The third-order valence-electron chi connectivity index (χ3n) is 6.70. The molecule has 4 aromatic rings. The summed E-state index contributed by atoms with van der Waals surface area (Å²) in [5.74, 6) is 0.528. The third-order valence-corrected chi connectivity index (χ3v) is 8.41. The van der Waals surface area contributed by atoms with Crippen LogP contribution in [0.5, 0.6) is 0 Å². The van der Waals surface area contributed by atoms with Gasteiger partial charge in [-0.15, -0.1) is 0 Å². The monoisotopic (exact) mass is 491 g/mol. The van der Waals surface area contributed by atoms with Crippen LogP contribution in [0.1, 0.15) is 31.4 Å². The summed E-state index contributed by atoms with van der Waals surface area (Å²) >= 11 is 0. The number of aromatic nitrogens is 4. The lowest BCUT2D eigenvalue weighted by Gasteiger charge is -2.32. The van der Waals surface area contributed by atoms with Gasteiger partial charge < -0.3 is 10.0 Å². The average molecular weight is 492 g/mol. The maximum Gasteiger partial charge on any atom is 0.225 e. The SMILES string of the molecule is CCc1cnc(N2CCC(n3ncc4cc(-c5ccc(S(=O)(=O)CCO)cc5)ccc43)CC2)nc1. The topological polar surface area (TPSA) is 101 Å². The zero-order valence-electron chi connectivity index (χ0n) is 19.7. The molecule has 1 aliphatic rings. The Morgan fingerprint density at radius 3 is 2.31 bits per heavy atom. The zero-order valence-corrected chi connectivity index (χ0v) is 20.5. The molecule has 9 heteroatoms. The van der Waals surface area contributed by atoms with E-state index >= 15 is 0 Å². The first-order chi connectivity index (χ1) is 17.0. The average Bonchev–Trinajstić information content (AvgIpc) is 3.32. The first kappa shape index (κ1) is 23.4. The second-order valence-corrected chi connectivity index (χ2v) is 11.0. The van der Waals surface area contributed by atoms with Crippen molar-refractivity contribution in [2.24, 2.45) is 0 Å². The number of hydrogen-bond acceptors (Lipinski definition) is 7. The van der Waals surface area contributed by atoms with E-state index in [4.69, 9.17) is 10.2 Å². The van der Waals surface area contributed by atoms with E-state index in [1.165, 1.54) is 0 Å². The van der Waals surface area contributed by atoms with E-state index in [9.17, 15) is 8.42 Å². The summed E-state index contributed by atoms with van der Waals surface area (Å²) in [5, 5.41) is 14.7. The highest BCUT2D eigenvalue weighted by Crippen LogP contribution is 2.30. The van der Waals surface area contributed by atoms with Crippen LogP contribution in [0.4, 0.5) is 5.95 Å². The lowest BCUT2D eigenvalue weighted by molar-refractivity contribution is 0.319. The lowest BCUT2D eigenvalue weighted by Crippen LogP contribution is -2.36. The van der Waals surface area contributed by atoms with E-state index in [1.54, 1.807) is 24.3 Å². The number of aliphatic hydroxyl groups is 1. The highest BCUT2D eigenvalue weighted by Gasteiger charge is 2.24. The minimum atomic E-state index is -3.45. The quantitative estimate of drug-likeness (QED) is 0.421. The minimum Gasteiger partial charge on any atom is -0.395 e. The van der Waals surface area contributed by atoms with Crippen molar-refractivity contribution >= 4 is 26.7 Å². The largest absolute Gasteiger partial charge is 0.395 e. The van der Waals surface area contributed by atoms with Crippen molar-refractivity contribution in [3.05, 3.63) is 66.6 Å². The number of benzene rings is 2.